The molecule has 1 aromatic carbocycles. The fourth-order valence-corrected chi connectivity index (χ4v) is 2.31. The lowest BCUT2D eigenvalue weighted by molar-refractivity contribution is 0.0527. The molecule has 0 atom stereocenters. The number of hydrogen-bond acceptors (Lipinski definition) is 7. The van der Waals surface area contributed by atoms with E-state index in [0.717, 1.165) is 13.0 Å². The van der Waals surface area contributed by atoms with E-state index in [9.17, 15) is 9.59 Å². The van der Waals surface area contributed by atoms with Crippen molar-refractivity contribution >= 4 is 23.5 Å². The second kappa shape index (κ2) is 10.2. The molecule has 1 aromatic heterocycles. The Morgan fingerprint density at radius 1 is 1.15 bits per heavy atom. The van der Waals surface area contributed by atoms with Gasteiger partial charge >= 0.3 is 5.97 Å². The van der Waals surface area contributed by atoms with Crippen LogP contribution in [0.25, 0.3) is 0 Å². The van der Waals surface area contributed by atoms with Gasteiger partial charge in [-0.1, -0.05) is 12.1 Å². The van der Waals surface area contributed by atoms with Crippen LogP contribution in [0.2, 0.25) is 0 Å². The third kappa shape index (κ3) is 6.34. The van der Waals surface area contributed by atoms with Gasteiger partial charge in [-0.15, -0.1) is 0 Å². The zero-order valence-corrected chi connectivity index (χ0v) is 15.9. The van der Waals surface area contributed by atoms with E-state index in [1.165, 1.54) is 12.4 Å². The van der Waals surface area contributed by atoms with Gasteiger partial charge in [0.1, 0.15) is 0 Å². The van der Waals surface area contributed by atoms with E-state index in [1.807, 2.05) is 14.1 Å². The van der Waals surface area contributed by atoms with Crippen LogP contribution in [0, 0.1) is 0 Å². The smallest absolute Gasteiger partial charge is 0.340 e. The Balaban J connectivity index is 1.98. The SMILES string of the molecule is CCOC(=O)c1ccccc1Nc1ncc(C(=O)NCCCN(C)C)cn1. The predicted molar refractivity (Wildman–Crippen MR) is 103 cm³/mol. The Labute approximate surface area is 159 Å². The highest BCUT2D eigenvalue weighted by molar-refractivity contribution is 5.96. The number of hydrogen-bond donors (Lipinski definition) is 2. The van der Waals surface area contributed by atoms with Gasteiger partial charge in [-0.3, -0.25) is 4.79 Å². The Bertz CT molecular complexity index is 762. The van der Waals surface area contributed by atoms with Crippen LogP contribution in [-0.4, -0.2) is 60.5 Å². The molecule has 0 aliphatic heterocycles. The van der Waals surface area contributed by atoms with Crippen LogP contribution >= 0.6 is 0 Å². The number of aromatic nitrogens is 2. The number of anilines is 2. The standard InChI is InChI=1S/C19H25N5O3/c1-4-27-18(26)15-8-5-6-9-16(15)23-19-21-12-14(13-22-19)17(25)20-10-7-11-24(2)3/h5-6,8-9,12-13H,4,7,10-11H2,1-3H3,(H,20,25)(H,21,22,23). The first kappa shape index (κ1) is 20.3. The molecule has 2 aromatic rings. The van der Waals surface area contributed by atoms with Gasteiger partial charge in [0.25, 0.3) is 5.91 Å². The van der Waals surface area contributed by atoms with E-state index in [1.54, 1.807) is 31.2 Å². The summed E-state index contributed by atoms with van der Waals surface area (Å²) in [6.07, 6.45) is 3.76. The zero-order valence-electron chi connectivity index (χ0n) is 15.9. The monoisotopic (exact) mass is 371 g/mol. The zero-order chi connectivity index (χ0) is 19.6. The van der Waals surface area contributed by atoms with Crippen LogP contribution in [-0.2, 0) is 4.74 Å². The summed E-state index contributed by atoms with van der Waals surface area (Å²) in [5.41, 5.74) is 1.31. The summed E-state index contributed by atoms with van der Waals surface area (Å²) >= 11 is 0. The van der Waals surface area contributed by atoms with Crippen molar-refractivity contribution in [2.24, 2.45) is 0 Å². The molecule has 0 saturated carbocycles. The van der Waals surface area contributed by atoms with Gasteiger partial charge in [-0.25, -0.2) is 14.8 Å². The number of para-hydroxylation sites is 1. The van der Waals surface area contributed by atoms with Crippen molar-refractivity contribution in [1.82, 2.24) is 20.2 Å². The topological polar surface area (TPSA) is 96.4 Å². The minimum absolute atomic E-state index is 0.216. The Kier molecular flexibility index (Phi) is 7.69. The number of ether oxygens (including phenoxy) is 1. The molecule has 27 heavy (non-hydrogen) atoms. The summed E-state index contributed by atoms with van der Waals surface area (Å²) in [6.45, 7) is 3.53. The summed E-state index contributed by atoms with van der Waals surface area (Å²) in [5.74, 6) is -0.350. The summed E-state index contributed by atoms with van der Waals surface area (Å²) in [4.78, 5) is 34.5. The summed E-state index contributed by atoms with van der Waals surface area (Å²) in [5, 5.41) is 5.82. The molecule has 0 aliphatic carbocycles. The van der Waals surface area contributed by atoms with Gasteiger partial charge in [0.05, 0.1) is 23.4 Å². The van der Waals surface area contributed by atoms with Crippen molar-refractivity contribution in [2.45, 2.75) is 13.3 Å². The maximum atomic E-state index is 12.1. The maximum Gasteiger partial charge on any atom is 0.340 e. The van der Waals surface area contributed by atoms with Crippen molar-refractivity contribution in [2.75, 3.05) is 39.1 Å². The summed E-state index contributed by atoms with van der Waals surface area (Å²) < 4.78 is 5.04. The average molecular weight is 371 g/mol. The first-order chi connectivity index (χ1) is 13.0. The summed E-state index contributed by atoms with van der Waals surface area (Å²) in [7, 11) is 3.98. The second-order valence-corrected chi connectivity index (χ2v) is 6.10. The molecule has 1 amide bonds. The minimum Gasteiger partial charge on any atom is -0.462 e. The molecule has 144 valence electrons. The minimum atomic E-state index is -0.422. The Hall–Kier alpha value is -3.00. The lowest BCUT2D eigenvalue weighted by Crippen LogP contribution is -2.27. The number of carbonyl (C=O) groups is 2. The molecule has 0 radical (unpaired) electrons. The maximum absolute atomic E-state index is 12.1. The first-order valence-corrected chi connectivity index (χ1v) is 8.79. The summed E-state index contributed by atoms with van der Waals surface area (Å²) in [6, 6.07) is 6.94. The Morgan fingerprint density at radius 3 is 2.52 bits per heavy atom. The number of nitrogens with one attached hydrogen (secondary N) is 2. The normalized spacial score (nSPS) is 10.5. The highest BCUT2D eigenvalue weighted by atomic mass is 16.5. The van der Waals surface area contributed by atoms with E-state index in [-0.39, 0.29) is 11.9 Å². The second-order valence-electron chi connectivity index (χ2n) is 6.10. The fourth-order valence-electron chi connectivity index (χ4n) is 2.31. The van der Waals surface area contributed by atoms with Gasteiger partial charge in [0.2, 0.25) is 5.95 Å². The molecular weight excluding hydrogens is 346 g/mol. The first-order valence-electron chi connectivity index (χ1n) is 8.79. The molecule has 8 nitrogen and oxygen atoms in total. The molecule has 0 aliphatic rings. The van der Waals surface area contributed by atoms with Gasteiger partial charge in [0.15, 0.2) is 0 Å². The van der Waals surface area contributed by atoms with Crippen LogP contribution in [0.15, 0.2) is 36.7 Å². The van der Waals surface area contributed by atoms with Gasteiger partial charge in [-0.2, -0.15) is 0 Å². The average Bonchev–Trinajstić information content (AvgIpc) is 2.66. The van der Waals surface area contributed by atoms with E-state index >= 15 is 0 Å². The highest BCUT2D eigenvalue weighted by Crippen LogP contribution is 2.19. The molecule has 2 N–H and O–H groups in total. The number of benzene rings is 1. The fraction of sp³-hybridized carbons (Fsp3) is 0.368. The third-order valence-corrected chi connectivity index (χ3v) is 3.65. The lowest BCUT2D eigenvalue weighted by atomic mass is 10.2. The van der Waals surface area contributed by atoms with Crippen molar-refractivity contribution in [3.8, 4) is 0 Å². The van der Waals surface area contributed by atoms with E-state index in [0.29, 0.717) is 30.0 Å². The lowest BCUT2D eigenvalue weighted by Gasteiger charge is -2.11. The quantitative estimate of drug-likeness (QED) is 0.514. The van der Waals surface area contributed by atoms with E-state index in [2.05, 4.69) is 25.5 Å². The van der Waals surface area contributed by atoms with Gasteiger partial charge in [-0.05, 0) is 46.1 Å². The number of esters is 1. The van der Waals surface area contributed by atoms with E-state index < -0.39 is 5.97 Å². The van der Waals surface area contributed by atoms with Gasteiger partial charge in [0, 0.05) is 18.9 Å². The highest BCUT2D eigenvalue weighted by Gasteiger charge is 2.13. The van der Waals surface area contributed by atoms with Crippen LogP contribution in [0.3, 0.4) is 0 Å². The molecule has 0 fully saturated rings. The van der Waals surface area contributed by atoms with Crippen LogP contribution in [0.1, 0.15) is 34.1 Å². The van der Waals surface area contributed by atoms with Crippen molar-refractivity contribution < 1.29 is 14.3 Å². The molecule has 0 spiro atoms. The number of amides is 1. The molecular formula is C19H25N5O3. The molecule has 0 unspecified atom stereocenters. The van der Waals surface area contributed by atoms with Crippen LogP contribution in [0.4, 0.5) is 11.6 Å². The largest absolute Gasteiger partial charge is 0.462 e. The van der Waals surface area contributed by atoms with E-state index in [4.69, 9.17) is 4.74 Å². The van der Waals surface area contributed by atoms with Crippen molar-refractivity contribution in [1.29, 1.82) is 0 Å². The van der Waals surface area contributed by atoms with Crippen molar-refractivity contribution in [3.63, 3.8) is 0 Å². The third-order valence-electron chi connectivity index (χ3n) is 3.65. The molecule has 0 saturated heterocycles. The van der Waals surface area contributed by atoms with Crippen molar-refractivity contribution in [3.05, 3.63) is 47.8 Å². The number of nitrogens with zero attached hydrogens (tertiary/aromatic N) is 3. The van der Waals surface area contributed by atoms with Crippen LogP contribution in [0.5, 0.6) is 0 Å². The number of carbonyl (C=O) groups excluding carboxylic acids is 2. The molecule has 8 heteroatoms. The predicted octanol–water partition coefficient (Wildman–Crippen LogP) is 2.08. The molecule has 0 bridgehead atoms. The number of rotatable bonds is 9. The van der Waals surface area contributed by atoms with Crippen LogP contribution < -0.4 is 10.6 Å². The van der Waals surface area contributed by atoms with Gasteiger partial charge < -0.3 is 20.3 Å². The Morgan fingerprint density at radius 2 is 1.85 bits per heavy atom. The molecule has 1 heterocycles. The molecule has 2 rings (SSSR count).